The second-order valence-corrected chi connectivity index (χ2v) is 6.74. The molecule has 0 saturated heterocycles. The van der Waals surface area contributed by atoms with Crippen molar-refractivity contribution in [3.8, 4) is 0 Å². The molecule has 0 radical (unpaired) electrons. The van der Waals surface area contributed by atoms with Crippen molar-refractivity contribution < 1.29 is 12.6 Å². The number of hydrogen-bond acceptors (Lipinski definition) is 3. The van der Waals surface area contributed by atoms with Gasteiger partial charge in [0, 0.05) is 5.92 Å². The maximum atomic E-state index is 12.1. The van der Waals surface area contributed by atoms with E-state index in [0.29, 0.717) is 17.6 Å². The van der Waals surface area contributed by atoms with E-state index in [0.717, 1.165) is 18.4 Å². The first-order chi connectivity index (χ1) is 8.54. The molecule has 0 aromatic heterocycles. The molecule has 2 atom stereocenters. The molecule has 1 aromatic carbocycles. The van der Waals surface area contributed by atoms with E-state index in [1.165, 1.54) is 6.42 Å². The molecule has 2 bridgehead atoms. The third-order valence-electron chi connectivity index (χ3n) is 3.79. The van der Waals surface area contributed by atoms with Crippen LogP contribution in [0.1, 0.15) is 24.8 Å². The minimum atomic E-state index is -3.65. The quantitative estimate of drug-likeness (QED) is 0.788. The van der Waals surface area contributed by atoms with Crippen molar-refractivity contribution in [2.75, 3.05) is 0 Å². The predicted molar refractivity (Wildman–Crippen MR) is 68.4 cm³/mol. The summed E-state index contributed by atoms with van der Waals surface area (Å²) in [5.41, 5.74) is 1.04. The monoisotopic (exact) mass is 264 g/mol. The molecule has 2 aliphatic carbocycles. The molecule has 2 aliphatic rings. The Hall–Kier alpha value is -1.29. The van der Waals surface area contributed by atoms with Crippen LogP contribution in [0.4, 0.5) is 0 Å². The summed E-state index contributed by atoms with van der Waals surface area (Å²) in [4.78, 5) is 0.233. The normalized spacial score (nSPS) is 26.2. The topological polar surface area (TPSA) is 43.4 Å². The Bertz CT molecular complexity index is 584. The average molecular weight is 264 g/mol. The van der Waals surface area contributed by atoms with Crippen molar-refractivity contribution in [3.63, 3.8) is 0 Å². The molecule has 3 rings (SSSR count). The van der Waals surface area contributed by atoms with Gasteiger partial charge in [-0.2, -0.15) is 8.42 Å². The molecule has 0 aliphatic heterocycles. The number of hydrogen-bond donors (Lipinski definition) is 0. The van der Waals surface area contributed by atoms with Crippen LogP contribution in [0.2, 0.25) is 0 Å². The number of allylic oxidation sites excluding steroid dienone is 2. The van der Waals surface area contributed by atoms with E-state index in [2.05, 4.69) is 0 Å². The highest BCUT2D eigenvalue weighted by atomic mass is 32.2. The molecule has 4 heteroatoms. The second-order valence-electron chi connectivity index (χ2n) is 5.19. The lowest BCUT2D eigenvalue weighted by Crippen LogP contribution is -2.10. The first-order valence-corrected chi connectivity index (χ1v) is 7.68. The largest absolute Gasteiger partial charge is 0.384 e. The van der Waals surface area contributed by atoms with Crippen molar-refractivity contribution >= 4 is 10.1 Å². The Morgan fingerprint density at radius 1 is 1.17 bits per heavy atom. The molecular weight excluding hydrogens is 248 g/mol. The van der Waals surface area contributed by atoms with Gasteiger partial charge in [-0.1, -0.05) is 17.7 Å². The molecule has 0 spiro atoms. The molecule has 0 heterocycles. The smallest absolute Gasteiger partial charge is 0.338 e. The maximum Gasteiger partial charge on any atom is 0.338 e. The summed E-state index contributed by atoms with van der Waals surface area (Å²) in [6, 6.07) is 6.76. The van der Waals surface area contributed by atoms with Gasteiger partial charge in [0.05, 0.1) is 0 Å². The van der Waals surface area contributed by atoms with E-state index in [9.17, 15) is 8.42 Å². The van der Waals surface area contributed by atoms with Crippen LogP contribution in [0.5, 0.6) is 0 Å². The lowest BCUT2D eigenvalue weighted by Gasteiger charge is -2.14. The van der Waals surface area contributed by atoms with Crippen LogP contribution in [0.25, 0.3) is 0 Å². The summed E-state index contributed by atoms with van der Waals surface area (Å²) in [5, 5.41) is 0. The number of aryl methyl sites for hydroxylation is 1. The standard InChI is InChI=1S/C14H16O3S/c1-10-2-6-13(7-3-10)18(15,16)17-14-9-11-4-5-12(14)8-11/h2-3,6-7,9,11-12H,4-5,8H2,1H3. The van der Waals surface area contributed by atoms with Gasteiger partial charge in [-0.05, 0) is 50.3 Å². The zero-order valence-electron chi connectivity index (χ0n) is 10.3. The van der Waals surface area contributed by atoms with Crippen molar-refractivity contribution in [3.05, 3.63) is 41.7 Å². The highest BCUT2D eigenvalue weighted by Crippen LogP contribution is 2.44. The fourth-order valence-electron chi connectivity index (χ4n) is 2.77. The third kappa shape index (κ3) is 2.05. The van der Waals surface area contributed by atoms with Gasteiger partial charge >= 0.3 is 10.1 Å². The van der Waals surface area contributed by atoms with E-state index in [1.54, 1.807) is 24.3 Å². The zero-order valence-corrected chi connectivity index (χ0v) is 11.1. The van der Waals surface area contributed by atoms with Gasteiger partial charge < -0.3 is 4.18 Å². The Labute approximate surface area is 108 Å². The molecule has 1 aromatic rings. The van der Waals surface area contributed by atoms with E-state index in [-0.39, 0.29) is 4.90 Å². The number of benzene rings is 1. The summed E-state index contributed by atoms with van der Waals surface area (Å²) in [6.45, 7) is 1.93. The van der Waals surface area contributed by atoms with Gasteiger partial charge in [0.15, 0.2) is 0 Å². The fourth-order valence-corrected chi connectivity index (χ4v) is 3.78. The van der Waals surface area contributed by atoms with Crippen LogP contribution >= 0.6 is 0 Å². The Kier molecular flexibility index (Phi) is 2.70. The van der Waals surface area contributed by atoms with E-state index in [4.69, 9.17) is 4.18 Å². The molecule has 18 heavy (non-hydrogen) atoms. The van der Waals surface area contributed by atoms with Crippen LogP contribution in [0.15, 0.2) is 41.0 Å². The fraction of sp³-hybridized carbons (Fsp3) is 0.429. The van der Waals surface area contributed by atoms with Crippen molar-refractivity contribution in [2.24, 2.45) is 11.8 Å². The van der Waals surface area contributed by atoms with Gasteiger partial charge in [-0.3, -0.25) is 0 Å². The SMILES string of the molecule is Cc1ccc(S(=O)(=O)OC2=CC3CCC2C3)cc1. The summed E-state index contributed by atoms with van der Waals surface area (Å²) in [7, 11) is -3.65. The van der Waals surface area contributed by atoms with Gasteiger partial charge in [0.2, 0.25) is 0 Å². The van der Waals surface area contributed by atoms with E-state index >= 15 is 0 Å². The van der Waals surface area contributed by atoms with Gasteiger partial charge in [-0.15, -0.1) is 0 Å². The zero-order chi connectivity index (χ0) is 12.8. The second kappa shape index (κ2) is 4.12. The lowest BCUT2D eigenvalue weighted by atomic mass is 10.1. The first kappa shape index (κ1) is 11.8. The molecule has 0 amide bonds. The lowest BCUT2D eigenvalue weighted by molar-refractivity contribution is 0.351. The average Bonchev–Trinajstić information content (AvgIpc) is 2.91. The highest BCUT2D eigenvalue weighted by molar-refractivity contribution is 7.86. The van der Waals surface area contributed by atoms with Gasteiger partial charge in [0.25, 0.3) is 0 Å². The van der Waals surface area contributed by atoms with Crippen molar-refractivity contribution in [1.82, 2.24) is 0 Å². The minimum absolute atomic E-state index is 0.233. The van der Waals surface area contributed by atoms with E-state index in [1.807, 2.05) is 13.0 Å². The summed E-state index contributed by atoms with van der Waals surface area (Å²) in [5.74, 6) is 1.50. The van der Waals surface area contributed by atoms with Gasteiger partial charge in [0.1, 0.15) is 10.7 Å². The highest BCUT2D eigenvalue weighted by Gasteiger charge is 2.36. The number of fused-ring (bicyclic) bond motifs is 2. The molecule has 1 saturated carbocycles. The molecule has 0 N–H and O–H groups in total. The Morgan fingerprint density at radius 2 is 1.89 bits per heavy atom. The summed E-state index contributed by atoms with van der Waals surface area (Å²) >= 11 is 0. The molecule has 2 unspecified atom stereocenters. The Morgan fingerprint density at radius 3 is 2.44 bits per heavy atom. The summed E-state index contributed by atoms with van der Waals surface area (Å²) < 4.78 is 29.5. The predicted octanol–water partition coefficient (Wildman–Crippen LogP) is 3.01. The van der Waals surface area contributed by atoms with Crippen molar-refractivity contribution in [1.29, 1.82) is 0 Å². The summed E-state index contributed by atoms with van der Waals surface area (Å²) in [6.07, 6.45) is 5.26. The third-order valence-corrected chi connectivity index (χ3v) is 5.05. The maximum absolute atomic E-state index is 12.1. The van der Waals surface area contributed by atoms with Crippen LogP contribution < -0.4 is 0 Å². The Balaban J connectivity index is 1.83. The molecule has 3 nitrogen and oxygen atoms in total. The number of rotatable bonds is 3. The van der Waals surface area contributed by atoms with Crippen LogP contribution in [-0.2, 0) is 14.3 Å². The van der Waals surface area contributed by atoms with Gasteiger partial charge in [-0.25, -0.2) is 0 Å². The minimum Gasteiger partial charge on any atom is -0.384 e. The van der Waals surface area contributed by atoms with E-state index < -0.39 is 10.1 Å². The molecule has 96 valence electrons. The van der Waals surface area contributed by atoms with Crippen LogP contribution in [0.3, 0.4) is 0 Å². The molecule has 1 fully saturated rings. The first-order valence-electron chi connectivity index (χ1n) is 6.27. The van der Waals surface area contributed by atoms with Crippen LogP contribution in [-0.4, -0.2) is 8.42 Å². The molecular formula is C14H16O3S. The van der Waals surface area contributed by atoms with Crippen LogP contribution in [0, 0.1) is 18.8 Å². The van der Waals surface area contributed by atoms with Crippen molar-refractivity contribution in [2.45, 2.75) is 31.1 Å².